The lowest BCUT2D eigenvalue weighted by Crippen LogP contribution is -2.27. The maximum Gasteiger partial charge on any atom is 0.228 e. The lowest BCUT2D eigenvalue weighted by Gasteiger charge is -2.17. The molecule has 1 unspecified atom stereocenters. The van der Waals surface area contributed by atoms with Crippen LogP contribution in [0, 0.1) is 0 Å². The van der Waals surface area contributed by atoms with Crippen molar-refractivity contribution in [3.8, 4) is 0 Å². The van der Waals surface area contributed by atoms with E-state index < -0.39 is 9.84 Å². The van der Waals surface area contributed by atoms with Gasteiger partial charge in [-0.05, 0) is 44.4 Å². The number of rotatable bonds is 8. The first-order valence-electron chi connectivity index (χ1n) is 9.22. The first kappa shape index (κ1) is 20.3. The van der Waals surface area contributed by atoms with E-state index in [1.165, 1.54) is 0 Å². The first-order valence-corrected chi connectivity index (χ1v) is 11.3. The molecule has 27 heavy (non-hydrogen) atoms. The topological polar surface area (TPSA) is 73.2 Å². The number of ether oxygens (including phenoxy) is 1. The number of nitrogens with one attached hydrogen (secondary N) is 1. The molecule has 1 aromatic heterocycles. The van der Waals surface area contributed by atoms with Gasteiger partial charge in [0.15, 0.2) is 0 Å². The van der Waals surface area contributed by atoms with Crippen LogP contribution in [0.1, 0.15) is 44.0 Å². The number of sulfone groups is 1. The van der Waals surface area contributed by atoms with Crippen LogP contribution in [0.5, 0.6) is 0 Å². The summed E-state index contributed by atoms with van der Waals surface area (Å²) < 4.78 is 33.3. The van der Waals surface area contributed by atoms with Crippen LogP contribution in [0.2, 0.25) is 5.02 Å². The summed E-state index contributed by atoms with van der Waals surface area (Å²) in [6.07, 6.45) is 4.05. The van der Waals surface area contributed by atoms with Gasteiger partial charge in [-0.3, -0.25) is 0 Å². The highest BCUT2D eigenvalue weighted by molar-refractivity contribution is 7.90. The Kier molecular flexibility index (Phi) is 6.57. The maximum absolute atomic E-state index is 13.0. The Morgan fingerprint density at radius 1 is 1.41 bits per heavy atom. The molecule has 0 bridgehead atoms. The Bertz CT molecular complexity index is 874. The highest BCUT2D eigenvalue weighted by atomic mass is 35.5. The van der Waals surface area contributed by atoms with Crippen molar-refractivity contribution in [2.75, 3.05) is 13.2 Å². The van der Waals surface area contributed by atoms with Crippen LogP contribution in [0.25, 0.3) is 0 Å². The second kappa shape index (κ2) is 8.73. The SMILES string of the molecule is CC(C)n1c(CNCC2CCCO2)cnc1S(=O)(=O)Cc1cccc(Cl)c1. The predicted octanol–water partition coefficient (Wildman–Crippen LogP) is 3.36. The van der Waals surface area contributed by atoms with Crippen molar-refractivity contribution in [2.24, 2.45) is 0 Å². The number of nitrogens with zero attached hydrogens (tertiary/aromatic N) is 2. The van der Waals surface area contributed by atoms with Gasteiger partial charge in [-0.2, -0.15) is 0 Å². The van der Waals surface area contributed by atoms with Crippen molar-refractivity contribution in [2.45, 2.75) is 56.3 Å². The van der Waals surface area contributed by atoms with Crippen LogP contribution in [0.4, 0.5) is 0 Å². The van der Waals surface area contributed by atoms with Crippen molar-refractivity contribution < 1.29 is 13.2 Å². The van der Waals surface area contributed by atoms with E-state index in [1.54, 1.807) is 35.0 Å². The molecule has 1 fully saturated rings. The van der Waals surface area contributed by atoms with Crippen LogP contribution < -0.4 is 5.32 Å². The van der Waals surface area contributed by atoms with Crippen LogP contribution in [0.15, 0.2) is 35.6 Å². The predicted molar refractivity (Wildman–Crippen MR) is 106 cm³/mol. The third kappa shape index (κ3) is 5.10. The molecular weight excluding hydrogens is 386 g/mol. The quantitative estimate of drug-likeness (QED) is 0.721. The van der Waals surface area contributed by atoms with E-state index in [-0.39, 0.29) is 23.1 Å². The molecule has 1 saturated heterocycles. The van der Waals surface area contributed by atoms with E-state index in [2.05, 4.69) is 10.3 Å². The molecule has 0 radical (unpaired) electrons. The lowest BCUT2D eigenvalue weighted by molar-refractivity contribution is 0.109. The second-order valence-electron chi connectivity index (χ2n) is 7.15. The number of halogens is 1. The Morgan fingerprint density at radius 3 is 2.89 bits per heavy atom. The summed E-state index contributed by atoms with van der Waals surface area (Å²) in [5.41, 5.74) is 1.51. The smallest absolute Gasteiger partial charge is 0.228 e. The number of hydrogen-bond donors (Lipinski definition) is 1. The molecule has 1 aliphatic rings. The van der Waals surface area contributed by atoms with E-state index in [0.29, 0.717) is 17.1 Å². The largest absolute Gasteiger partial charge is 0.377 e. The summed E-state index contributed by atoms with van der Waals surface area (Å²) in [7, 11) is -3.58. The van der Waals surface area contributed by atoms with Gasteiger partial charge >= 0.3 is 0 Å². The fraction of sp³-hybridized carbons (Fsp3) is 0.526. The molecule has 0 saturated carbocycles. The minimum Gasteiger partial charge on any atom is -0.377 e. The van der Waals surface area contributed by atoms with E-state index in [9.17, 15) is 8.42 Å². The Hall–Kier alpha value is -1.41. The van der Waals surface area contributed by atoms with Crippen molar-refractivity contribution in [3.05, 3.63) is 46.7 Å². The molecule has 8 heteroatoms. The van der Waals surface area contributed by atoms with E-state index >= 15 is 0 Å². The average Bonchev–Trinajstić information content (AvgIpc) is 3.24. The van der Waals surface area contributed by atoms with Gasteiger partial charge in [0.1, 0.15) is 0 Å². The van der Waals surface area contributed by atoms with Gasteiger partial charge in [-0.25, -0.2) is 13.4 Å². The highest BCUT2D eigenvalue weighted by Crippen LogP contribution is 2.23. The molecule has 1 N–H and O–H groups in total. The molecule has 1 atom stereocenters. The summed E-state index contributed by atoms with van der Waals surface area (Å²) in [4.78, 5) is 4.25. The molecule has 1 aliphatic heterocycles. The molecule has 3 rings (SSSR count). The minimum absolute atomic E-state index is 0.0174. The minimum atomic E-state index is -3.58. The second-order valence-corrected chi connectivity index (χ2v) is 9.47. The van der Waals surface area contributed by atoms with Crippen LogP contribution in [0.3, 0.4) is 0 Å². The molecule has 0 aliphatic carbocycles. The zero-order chi connectivity index (χ0) is 19.4. The number of imidazole rings is 1. The summed E-state index contributed by atoms with van der Waals surface area (Å²) >= 11 is 5.98. The van der Waals surface area contributed by atoms with E-state index in [4.69, 9.17) is 16.3 Å². The molecule has 0 spiro atoms. The van der Waals surface area contributed by atoms with Crippen molar-refractivity contribution in [1.29, 1.82) is 0 Å². The van der Waals surface area contributed by atoms with Gasteiger partial charge in [-0.1, -0.05) is 23.7 Å². The van der Waals surface area contributed by atoms with Crippen molar-refractivity contribution >= 4 is 21.4 Å². The zero-order valence-electron chi connectivity index (χ0n) is 15.7. The monoisotopic (exact) mass is 411 g/mol. The molecular formula is C19H26ClN3O3S. The molecule has 2 aromatic rings. The average molecular weight is 412 g/mol. The molecule has 0 amide bonds. The van der Waals surface area contributed by atoms with Gasteiger partial charge in [0.05, 0.1) is 23.7 Å². The molecule has 1 aromatic carbocycles. The number of aromatic nitrogens is 2. The lowest BCUT2D eigenvalue weighted by atomic mass is 10.2. The fourth-order valence-corrected chi connectivity index (χ4v) is 5.17. The summed E-state index contributed by atoms with van der Waals surface area (Å²) in [5, 5.41) is 3.99. The first-order chi connectivity index (χ1) is 12.9. The number of benzene rings is 1. The van der Waals surface area contributed by atoms with E-state index in [0.717, 1.165) is 31.7 Å². The fourth-order valence-electron chi connectivity index (χ4n) is 3.37. The van der Waals surface area contributed by atoms with Crippen LogP contribution in [-0.2, 0) is 26.9 Å². The Morgan fingerprint density at radius 2 is 2.22 bits per heavy atom. The summed E-state index contributed by atoms with van der Waals surface area (Å²) in [5.74, 6) is -0.125. The molecule has 2 heterocycles. The van der Waals surface area contributed by atoms with E-state index in [1.807, 2.05) is 13.8 Å². The Labute approximate surface area is 165 Å². The maximum atomic E-state index is 13.0. The van der Waals surface area contributed by atoms with Gasteiger partial charge in [0.25, 0.3) is 0 Å². The highest BCUT2D eigenvalue weighted by Gasteiger charge is 2.25. The van der Waals surface area contributed by atoms with Crippen molar-refractivity contribution in [1.82, 2.24) is 14.9 Å². The molecule has 148 valence electrons. The third-order valence-electron chi connectivity index (χ3n) is 4.58. The summed E-state index contributed by atoms with van der Waals surface area (Å²) in [6.45, 7) is 6.06. The molecule has 6 nitrogen and oxygen atoms in total. The third-order valence-corrected chi connectivity index (χ3v) is 6.39. The Balaban J connectivity index is 1.76. The van der Waals surface area contributed by atoms with Gasteiger partial charge < -0.3 is 14.6 Å². The van der Waals surface area contributed by atoms with Crippen molar-refractivity contribution in [3.63, 3.8) is 0 Å². The van der Waals surface area contributed by atoms with Crippen LogP contribution in [-0.4, -0.2) is 37.2 Å². The standard InChI is InChI=1S/C19H26ClN3O3S/c1-14(2)23-17(10-21-12-18-7-4-8-26-18)11-22-19(23)27(24,25)13-15-5-3-6-16(20)9-15/h3,5-6,9,11,14,18,21H,4,7-8,10,12-13H2,1-2H3. The normalized spacial score (nSPS) is 17.7. The van der Waals surface area contributed by atoms with Gasteiger partial charge in [0.2, 0.25) is 15.0 Å². The van der Waals surface area contributed by atoms with Gasteiger partial charge in [0, 0.05) is 30.8 Å². The zero-order valence-corrected chi connectivity index (χ0v) is 17.3. The van der Waals surface area contributed by atoms with Crippen LogP contribution >= 0.6 is 11.6 Å². The number of hydrogen-bond acceptors (Lipinski definition) is 5. The summed E-state index contributed by atoms with van der Waals surface area (Å²) in [6, 6.07) is 6.89. The van der Waals surface area contributed by atoms with Gasteiger partial charge in [-0.15, -0.1) is 0 Å².